The van der Waals surface area contributed by atoms with Gasteiger partial charge in [0.1, 0.15) is 5.01 Å². The molecular formula is C4H4N3OS. The first kappa shape index (κ1) is 6.15. The number of carbonyl (C=O) groups excluding carboxylic acids is 1. The molecule has 0 aliphatic rings. The minimum atomic E-state index is -0.389. The van der Waals surface area contributed by atoms with Crippen molar-refractivity contribution in [2.45, 2.75) is 6.42 Å². The number of nitrogens with two attached hydrogens (primary N) is 1. The fraction of sp³-hybridized carbons (Fsp3) is 0.250. The smallest absolute Gasteiger partial charge is 0.224 e. The average molecular weight is 142 g/mol. The molecule has 0 unspecified atom stereocenters. The summed E-state index contributed by atoms with van der Waals surface area (Å²) in [6.45, 7) is 0. The summed E-state index contributed by atoms with van der Waals surface area (Å²) in [6, 6.07) is 0. The second-order valence-electron chi connectivity index (χ2n) is 1.43. The van der Waals surface area contributed by atoms with Gasteiger partial charge in [0.2, 0.25) is 5.91 Å². The maximum absolute atomic E-state index is 10.2. The molecule has 4 nitrogen and oxygen atoms in total. The third-order valence-corrected chi connectivity index (χ3v) is 1.33. The van der Waals surface area contributed by atoms with Gasteiger partial charge in [-0.15, -0.1) is 10.2 Å². The van der Waals surface area contributed by atoms with Gasteiger partial charge in [-0.3, -0.25) is 4.79 Å². The van der Waals surface area contributed by atoms with E-state index in [9.17, 15) is 4.79 Å². The summed E-state index contributed by atoms with van der Waals surface area (Å²) in [5.41, 5.74) is 7.38. The van der Waals surface area contributed by atoms with Crippen LogP contribution in [-0.2, 0) is 11.2 Å². The second-order valence-corrected chi connectivity index (χ2v) is 2.29. The third-order valence-electron chi connectivity index (χ3n) is 0.691. The zero-order valence-corrected chi connectivity index (χ0v) is 5.31. The molecule has 0 saturated carbocycles. The Labute approximate surface area is 55.7 Å². The van der Waals surface area contributed by atoms with Crippen molar-refractivity contribution in [2.75, 3.05) is 0 Å². The fourth-order valence-corrected chi connectivity index (χ4v) is 0.873. The summed E-state index contributed by atoms with van der Waals surface area (Å²) in [5.74, 6) is -0.389. The predicted octanol–water partition coefficient (Wildman–Crippen LogP) is -0.634. The highest BCUT2D eigenvalue weighted by Gasteiger charge is 1.99. The lowest BCUT2D eigenvalue weighted by atomic mass is 10.4. The highest BCUT2D eigenvalue weighted by Crippen LogP contribution is 1.99. The van der Waals surface area contributed by atoms with Crippen LogP contribution in [0.4, 0.5) is 0 Å². The van der Waals surface area contributed by atoms with Crippen molar-refractivity contribution in [3.63, 3.8) is 0 Å². The number of hydrogen-bond donors (Lipinski definition) is 1. The molecule has 2 N–H and O–H groups in total. The van der Waals surface area contributed by atoms with Gasteiger partial charge in [0.05, 0.1) is 6.42 Å². The molecule has 0 fully saturated rings. The van der Waals surface area contributed by atoms with Gasteiger partial charge in [-0.1, -0.05) is 11.3 Å². The van der Waals surface area contributed by atoms with Crippen LogP contribution < -0.4 is 5.73 Å². The molecule has 0 aliphatic heterocycles. The number of hydrogen-bond acceptors (Lipinski definition) is 4. The lowest BCUT2D eigenvalue weighted by molar-refractivity contribution is -0.117. The van der Waals surface area contributed by atoms with E-state index in [1.807, 2.05) is 0 Å². The molecule has 47 valence electrons. The normalized spacial score (nSPS) is 9.33. The highest BCUT2D eigenvalue weighted by molar-refractivity contribution is 7.08. The fourth-order valence-electron chi connectivity index (χ4n) is 0.390. The van der Waals surface area contributed by atoms with Crippen LogP contribution in [0.2, 0.25) is 0 Å². The summed E-state index contributed by atoms with van der Waals surface area (Å²) < 4.78 is 0. The van der Waals surface area contributed by atoms with Crippen molar-refractivity contribution < 1.29 is 4.79 Å². The van der Waals surface area contributed by atoms with E-state index < -0.39 is 0 Å². The third kappa shape index (κ3) is 1.77. The molecule has 0 bridgehead atoms. The van der Waals surface area contributed by atoms with Crippen molar-refractivity contribution in [2.24, 2.45) is 5.73 Å². The van der Waals surface area contributed by atoms with Gasteiger partial charge in [-0.05, 0) is 0 Å². The van der Waals surface area contributed by atoms with E-state index in [4.69, 9.17) is 5.73 Å². The Kier molecular flexibility index (Phi) is 1.74. The quantitative estimate of drug-likeness (QED) is 0.597. The summed E-state index contributed by atoms with van der Waals surface area (Å²) in [5, 5.41) is 7.59. The van der Waals surface area contributed by atoms with Crippen molar-refractivity contribution in [3.8, 4) is 0 Å². The first-order valence-corrected chi connectivity index (χ1v) is 3.07. The van der Waals surface area contributed by atoms with Crippen LogP contribution in [-0.4, -0.2) is 16.1 Å². The second kappa shape index (κ2) is 2.54. The van der Waals surface area contributed by atoms with Gasteiger partial charge in [0.15, 0.2) is 5.51 Å². The molecule has 1 amide bonds. The van der Waals surface area contributed by atoms with E-state index in [2.05, 4.69) is 15.7 Å². The zero-order chi connectivity index (χ0) is 6.69. The predicted molar refractivity (Wildman–Crippen MR) is 31.6 cm³/mol. The SMILES string of the molecule is NC(=O)Cc1nn[c]s1. The number of rotatable bonds is 2. The Morgan fingerprint density at radius 1 is 1.89 bits per heavy atom. The number of amides is 1. The zero-order valence-electron chi connectivity index (χ0n) is 4.50. The molecule has 0 spiro atoms. The molecule has 1 heterocycles. The Morgan fingerprint density at radius 3 is 3.11 bits per heavy atom. The van der Waals surface area contributed by atoms with E-state index >= 15 is 0 Å². The van der Waals surface area contributed by atoms with E-state index in [0.29, 0.717) is 5.01 Å². The van der Waals surface area contributed by atoms with Crippen molar-refractivity contribution >= 4 is 17.2 Å². The first-order chi connectivity index (χ1) is 4.29. The maximum Gasteiger partial charge on any atom is 0.224 e. The monoisotopic (exact) mass is 142 g/mol. The molecular weight excluding hydrogens is 138 g/mol. The van der Waals surface area contributed by atoms with Gasteiger partial charge in [0, 0.05) is 0 Å². The molecule has 5 heteroatoms. The van der Waals surface area contributed by atoms with Crippen LogP contribution in [0.1, 0.15) is 5.01 Å². The van der Waals surface area contributed by atoms with Crippen LogP contribution in [0.15, 0.2) is 0 Å². The highest BCUT2D eigenvalue weighted by atomic mass is 32.1. The molecule has 1 aromatic heterocycles. The van der Waals surface area contributed by atoms with Crippen molar-refractivity contribution in [1.29, 1.82) is 0 Å². The lowest BCUT2D eigenvalue weighted by Gasteiger charge is -1.83. The number of aromatic nitrogens is 2. The molecule has 9 heavy (non-hydrogen) atoms. The summed E-state index contributed by atoms with van der Waals surface area (Å²) in [7, 11) is 0. The Hall–Kier alpha value is -0.970. The van der Waals surface area contributed by atoms with Crippen LogP contribution in [0.25, 0.3) is 0 Å². The Balaban J connectivity index is 2.58. The molecule has 1 radical (unpaired) electrons. The Morgan fingerprint density at radius 2 is 2.67 bits per heavy atom. The van der Waals surface area contributed by atoms with Gasteiger partial charge in [0.25, 0.3) is 0 Å². The van der Waals surface area contributed by atoms with Crippen molar-refractivity contribution in [3.05, 3.63) is 10.5 Å². The molecule has 1 aromatic rings. The van der Waals surface area contributed by atoms with Crippen LogP contribution in [0, 0.1) is 5.51 Å². The summed E-state index contributed by atoms with van der Waals surface area (Å²) in [6.07, 6.45) is 0.168. The molecule has 0 aliphatic carbocycles. The average Bonchev–Trinajstić information content (AvgIpc) is 2.15. The Bertz CT molecular complexity index is 196. The largest absolute Gasteiger partial charge is 0.369 e. The molecule has 0 atom stereocenters. The molecule has 1 rings (SSSR count). The van der Waals surface area contributed by atoms with Gasteiger partial charge in [-0.2, -0.15) is 0 Å². The van der Waals surface area contributed by atoms with E-state index in [-0.39, 0.29) is 12.3 Å². The van der Waals surface area contributed by atoms with Crippen LogP contribution in [0.5, 0.6) is 0 Å². The first-order valence-electron chi connectivity index (χ1n) is 2.26. The minimum Gasteiger partial charge on any atom is -0.369 e. The lowest BCUT2D eigenvalue weighted by Crippen LogP contribution is -2.13. The number of carbonyl (C=O) groups is 1. The van der Waals surface area contributed by atoms with E-state index in [0.717, 1.165) is 0 Å². The number of primary amides is 1. The molecule has 0 saturated heterocycles. The van der Waals surface area contributed by atoms with Gasteiger partial charge in [-0.25, -0.2) is 0 Å². The summed E-state index contributed by atoms with van der Waals surface area (Å²) >= 11 is 1.20. The van der Waals surface area contributed by atoms with Gasteiger partial charge < -0.3 is 5.73 Å². The van der Waals surface area contributed by atoms with Gasteiger partial charge >= 0.3 is 0 Å². The standard InChI is InChI=1S/C4H4N3OS/c5-3(8)1-4-7-6-2-9-4/h1H2,(H2,5,8). The number of nitrogens with zero attached hydrogens (tertiary/aromatic N) is 2. The summed E-state index contributed by atoms with van der Waals surface area (Å²) in [4.78, 5) is 10.2. The molecule has 0 aromatic carbocycles. The van der Waals surface area contributed by atoms with Crippen LogP contribution >= 0.6 is 11.3 Å². The maximum atomic E-state index is 10.2. The van der Waals surface area contributed by atoms with E-state index in [1.165, 1.54) is 11.3 Å². The topological polar surface area (TPSA) is 68.9 Å². The van der Waals surface area contributed by atoms with Crippen LogP contribution in [0.3, 0.4) is 0 Å². The minimum absolute atomic E-state index is 0.168. The van der Waals surface area contributed by atoms with E-state index in [1.54, 1.807) is 0 Å². The van der Waals surface area contributed by atoms with Crippen molar-refractivity contribution in [1.82, 2.24) is 10.2 Å².